The molecule has 3 heterocycles. The van der Waals surface area contributed by atoms with Gasteiger partial charge in [-0.25, -0.2) is 0 Å². The monoisotopic (exact) mass is 357 g/mol. The van der Waals surface area contributed by atoms with Crippen LogP contribution in [0.3, 0.4) is 0 Å². The minimum atomic E-state index is 0.0371. The van der Waals surface area contributed by atoms with Crippen molar-refractivity contribution in [1.29, 1.82) is 0 Å². The summed E-state index contributed by atoms with van der Waals surface area (Å²) in [5, 5.41) is 28.7. The summed E-state index contributed by atoms with van der Waals surface area (Å²) in [6, 6.07) is 13.6. The second-order valence-electron chi connectivity index (χ2n) is 6.43. The Morgan fingerprint density at radius 1 is 1.04 bits per heavy atom. The lowest BCUT2D eigenvalue weighted by atomic mass is 10.2. The van der Waals surface area contributed by atoms with E-state index in [1.165, 1.54) is 0 Å². The SMILES string of the molecule is Cc1ccc2[nH]c3nc(N=Nc4c(O)n(C)c5ccccc45)nnc3c2c1. The average Bonchev–Trinajstić information content (AvgIpc) is 3.15. The van der Waals surface area contributed by atoms with Crippen LogP contribution in [0, 0.1) is 6.92 Å². The van der Waals surface area contributed by atoms with E-state index in [0.29, 0.717) is 16.9 Å². The Morgan fingerprint density at radius 2 is 1.89 bits per heavy atom. The molecule has 0 amide bonds. The number of H-pyrrole nitrogens is 1. The van der Waals surface area contributed by atoms with E-state index >= 15 is 0 Å². The fourth-order valence-corrected chi connectivity index (χ4v) is 3.27. The molecule has 0 radical (unpaired) electrons. The molecule has 27 heavy (non-hydrogen) atoms. The number of rotatable bonds is 2. The number of aromatic amines is 1. The molecule has 0 atom stereocenters. The van der Waals surface area contributed by atoms with Gasteiger partial charge in [-0.05, 0) is 25.1 Å². The minimum Gasteiger partial charge on any atom is -0.493 e. The molecule has 0 unspecified atom stereocenters. The molecule has 132 valence electrons. The second kappa shape index (κ2) is 5.60. The number of aryl methyl sites for hydroxylation is 2. The molecule has 0 saturated carbocycles. The number of para-hydroxylation sites is 1. The first-order valence-electron chi connectivity index (χ1n) is 8.43. The van der Waals surface area contributed by atoms with Gasteiger partial charge in [0.25, 0.3) is 5.95 Å². The molecule has 8 nitrogen and oxygen atoms in total. The van der Waals surface area contributed by atoms with Crippen molar-refractivity contribution in [3.63, 3.8) is 0 Å². The molecule has 5 rings (SSSR count). The number of nitrogens with zero attached hydrogens (tertiary/aromatic N) is 6. The number of aromatic nitrogens is 5. The first-order valence-corrected chi connectivity index (χ1v) is 8.43. The van der Waals surface area contributed by atoms with E-state index in [4.69, 9.17) is 0 Å². The highest BCUT2D eigenvalue weighted by atomic mass is 16.3. The van der Waals surface area contributed by atoms with Crippen LogP contribution in [-0.2, 0) is 7.05 Å². The van der Waals surface area contributed by atoms with E-state index in [9.17, 15) is 5.11 Å². The van der Waals surface area contributed by atoms with E-state index in [1.54, 1.807) is 11.6 Å². The average molecular weight is 357 g/mol. The fraction of sp³-hybridized carbons (Fsp3) is 0.105. The highest BCUT2D eigenvalue weighted by Crippen LogP contribution is 2.38. The quantitative estimate of drug-likeness (QED) is 0.456. The fourth-order valence-electron chi connectivity index (χ4n) is 3.27. The number of azo groups is 1. The summed E-state index contributed by atoms with van der Waals surface area (Å²) in [5.41, 5.74) is 4.62. The van der Waals surface area contributed by atoms with Gasteiger partial charge in [-0.1, -0.05) is 29.8 Å². The third-order valence-electron chi connectivity index (χ3n) is 4.65. The number of benzene rings is 2. The number of nitrogens with one attached hydrogen (secondary N) is 1. The third-order valence-corrected chi connectivity index (χ3v) is 4.65. The first kappa shape index (κ1) is 15.4. The smallest absolute Gasteiger partial charge is 0.289 e. The van der Waals surface area contributed by atoms with Gasteiger partial charge in [-0.15, -0.1) is 20.4 Å². The van der Waals surface area contributed by atoms with E-state index < -0.39 is 0 Å². The summed E-state index contributed by atoms with van der Waals surface area (Å²) in [6.07, 6.45) is 0. The Kier molecular flexibility index (Phi) is 3.20. The van der Waals surface area contributed by atoms with Crippen molar-refractivity contribution in [3.05, 3.63) is 48.0 Å². The van der Waals surface area contributed by atoms with Gasteiger partial charge in [0.05, 0.1) is 5.52 Å². The summed E-state index contributed by atoms with van der Waals surface area (Å²) in [7, 11) is 1.77. The van der Waals surface area contributed by atoms with Crippen molar-refractivity contribution >= 4 is 44.6 Å². The Bertz CT molecular complexity index is 1360. The van der Waals surface area contributed by atoms with Gasteiger partial charge in [0.1, 0.15) is 5.52 Å². The van der Waals surface area contributed by atoms with Gasteiger partial charge in [0.2, 0.25) is 5.88 Å². The van der Waals surface area contributed by atoms with Crippen LogP contribution >= 0.6 is 0 Å². The molecule has 0 aliphatic rings. The highest BCUT2D eigenvalue weighted by molar-refractivity contribution is 6.03. The van der Waals surface area contributed by atoms with Gasteiger partial charge in [0, 0.05) is 23.3 Å². The molecule has 8 heteroatoms. The summed E-state index contributed by atoms with van der Waals surface area (Å²) >= 11 is 0. The Hall–Kier alpha value is -3.81. The van der Waals surface area contributed by atoms with Gasteiger partial charge in [0.15, 0.2) is 11.3 Å². The van der Waals surface area contributed by atoms with Crippen LogP contribution in [0.15, 0.2) is 52.7 Å². The molecule has 0 bridgehead atoms. The molecule has 2 N–H and O–H groups in total. The van der Waals surface area contributed by atoms with E-state index in [0.717, 1.165) is 27.4 Å². The Morgan fingerprint density at radius 3 is 2.78 bits per heavy atom. The van der Waals surface area contributed by atoms with Crippen LogP contribution < -0.4 is 0 Å². The van der Waals surface area contributed by atoms with Gasteiger partial charge >= 0.3 is 0 Å². The summed E-state index contributed by atoms with van der Waals surface area (Å²) in [6.45, 7) is 2.03. The lowest BCUT2D eigenvalue weighted by molar-refractivity contribution is 0.436. The number of fused-ring (bicyclic) bond motifs is 4. The zero-order valence-electron chi connectivity index (χ0n) is 14.7. The number of hydrogen-bond donors (Lipinski definition) is 2. The second-order valence-corrected chi connectivity index (χ2v) is 6.43. The van der Waals surface area contributed by atoms with Crippen LogP contribution in [-0.4, -0.2) is 29.8 Å². The minimum absolute atomic E-state index is 0.0371. The molecule has 3 aromatic heterocycles. The van der Waals surface area contributed by atoms with Crippen LogP contribution in [0.5, 0.6) is 5.88 Å². The van der Waals surface area contributed by atoms with Crippen molar-refractivity contribution in [2.45, 2.75) is 6.92 Å². The van der Waals surface area contributed by atoms with Gasteiger partial charge in [-0.2, -0.15) is 4.98 Å². The topological polar surface area (TPSA) is 104 Å². The summed E-state index contributed by atoms with van der Waals surface area (Å²) in [5.74, 6) is 0.160. The molecule has 0 saturated heterocycles. The van der Waals surface area contributed by atoms with Crippen molar-refractivity contribution < 1.29 is 5.11 Å². The van der Waals surface area contributed by atoms with Crippen LogP contribution in [0.1, 0.15) is 5.56 Å². The van der Waals surface area contributed by atoms with Crippen molar-refractivity contribution in [2.24, 2.45) is 17.3 Å². The predicted octanol–water partition coefficient (Wildman–Crippen LogP) is 4.43. The Balaban J connectivity index is 1.61. The number of hydrogen-bond acceptors (Lipinski definition) is 6. The molecule has 5 aromatic rings. The maximum absolute atomic E-state index is 10.3. The molecular weight excluding hydrogens is 342 g/mol. The zero-order chi connectivity index (χ0) is 18.5. The number of aromatic hydroxyl groups is 1. The normalized spacial score (nSPS) is 12.1. The third kappa shape index (κ3) is 2.34. The van der Waals surface area contributed by atoms with Crippen molar-refractivity contribution in [3.8, 4) is 5.88 Å². The van der Waals surface area contributed by atoms with Gasteiger partial charge < -0.3 is 14.7 Å². The summed E-state index contributed by atoms with van der Waals surface area (Å²) in [4.78, 5) is 7.62. The largest absolute Gasteiger partial charge is 0.493 e. The van der Waals surface area contributed by atoms with E-state index in [-0.39, 0.29) is 11.8 Å². The molecule has 0 fully saturated rings. The first-order chi connectivity index (χ1) is 13.1. The zero-order valence-corrected chi connectivity index (χ0v) is 14.7. The van der Waals surface area contributed by atoms with E-state index in [2.05, 4.69) is 30.4 Å². The molecular formula is C19H15N7O. The van der Waals surface area contributed by atoms with Crippen molar-refractivity contribution in [1.82, 2.24) is 24.7 Å². The van der Waals surface area contributed by atoms with Crippen LogP contribution in [0.25, 0.3) is 33.0 Å². The molecule has 2 aromatic carbocycles. The molecule has 0 aliphatic carbocycles. The standard InChI is InChI=1S/C19H15N7O/c1-10-7-8-13-12(9-10)15-17(20-13)21-19(24-22-15)25-23-16-11-5-3-4-6-14(11)26(2)18(16)27/h3-9,27H,1-2H3,(H,20,21,24). The molecule has 0 aliphatic heterocycles. The Labute approximate surface area is 153 Å². The highest BCUT2D eigenvalue weighted by Gasteiger charge is 2.14. The summed E-state index contributed by atoms with van der Waals surface area (Å²) < 4.78 is 1.66. The van der Waals surface area contributed by atoms with Crippen molar-refractivity contribution in [2.75, 3.05) is 0 Å². The maximum Gasteiger partial charge on any atom is 0.289 e. The van der Waals surface area contributed by atoms with E-state index in [1.807, 2.05) is 49.4 Å². The molecule has 0 spiro atoms. The van der Waals surface area contributed by atoms with Crippen LogP contribution in [0.2, 0.25) is 0 Å². The van der Waals surface area contributed by atoms with Crippen LogP contribution in [0.4, 0.5) is 11.6 Å². The lowest BCUT2D eigenvalue weighted by Crippen LogP contribution is -1.86. The van der Waals surface area contributed by atoms with Gasteiger partial charge in [-0.3, -0.25) is 0 Å². The maximum atomic E-state index is 10.3. The predicted molar refractivity (Wildman–Crippen MR) is 103 cm³/mol. The lowest BCUT2D eigenvalue weighted by Gasteiger charge is -1.95.